The van der Waals surface area contributed by atoms with Crippen LogP contribution in [0.15, 0.2) is 0 Å². The number of unbranched alkanes of at least 4 members (excludes halogenated alkanes) is 7. The van der Waals surface area contributed by atoms with E-state index in [-0.39, 0.29) is 5.91 Å². The molecule has 0 fully saturated rings. The Labute approximate surface area is 94.8 Å². The molecule has 0 aliphatic heterocycles. The molecule has 0 heterocycles. The van der Waals surface area contributed by atoms with Gasteiger partial charge in [-0.1, -0.05) is 51.9 Å². The fourth-order valence-electron chi connectivity index (χ4n) is 1.58. The van der Waals surface area contributed by atoms with Crippen LogP contribution >= 0.6 is 0 Å². The van der Waals surface area contributed by atoms with Gasteiger partial charge >= 0.3 is 0 Å². The molecule has 1 N–H and O–H groups in total. The van der Waals surface area contributed by atoms with Gasteiger partial charge in [0, 0.05) is 13.0 Å². The van der Waals surface area contributed by atoms with Crippen LogP contribution in [0.5, 0.6) is 0 Å². The van der Waals surface area contributed by atoms with Crippen LogP contribution in [0.4, 0.5) is 0 Å². The second-order valence-corrected chi connectivity index (χ2v) is 4.07. The molecular weight excluding hydrogens is 186 g/mol. The lowest BCUT2D eigenvalue weighted by molar-refractivity contribution is -0.120. The van der Waals surface area contributed by atoms with E-state index < -0.39 is 0 Å². The minimum Gasteiger partial charge on any atom is -0.356 e. The van der Waals surface area contributed by atoms with Gasteiger partial charge in [0.05, 0.1) is 0 Å². The van der Waals surface area contributed by atoms with Gasteiger partial charge in [-0.05, 0) is 13.3 Å². The van der Waals surface area contributed by atoms with Crippen molar-refractivity contribution >= 4 is 5.91 Å². The molecule has 0 aromatic rings. The van der Waals surface area contributed by atoms with E-state index >= 15 is 0 Å². The van der Waals surface area contributed by atoms with Gasteiger partial charge in [0.2, 0.25) is 5.91 Å². The molecule has 15 heavy (non-hydrogen) atoms. The predicted octanol–water partition coefficient (Wildman–Crippen LogP) is 3.47. The fraction of sp³-hybridized carbons (Fsp3) is 0.846. The number of nitrogens with one attached hydrogen (secondary N) is 1. The van der Waals surface area contributed by atoms with Crippen LogP contribution in [0.2, 0.25) is 0 Å². The average Bonchev–Trinajstić information content (AvgIpc) is 2.26. The fourth-order valence-corrected chi connectivity index (χ4v) is 1.58. The lowest BCUT2D eigenvalue weighted by Gasteiger charge is -2.03. The van der Waals surface area contributed by atoms with Crippen LogP contribution in [-0.4, -0.2) is 12.5 Å². The molecule has 0 aromatic carbocycles. The number of hydrogen-bond donors (Lipinski definition) is 1. The Morgan fingerprint density at radius 2 is 1.53 bits per heavy atom. The predicted molar refractivity (Wildman–Crippen MR) is 65.6 cm³/mol. The van der Waals surface area contributed by atoms with Crippen LogP contribution in [-0.2, 0) is 4.79 Å². The van der Waals surface area contributed by atoms with Gasteiger partial charge in [0.1, 0.15) is 0 Å². The van der Waals surface area contributed by atoms with Crippen molar-refractivity contribution in [3.05, 3.63) is 6.92 Å². The van der Waals surface area contributed by atoms with E-state index in [0.717, 1.165) is 13.0 Å². The lowest BCUT2D eigenvalue weighted by atomic mass is 10.1. The van der Waals surface area contributed by atoms with E-state index in [4.69, 9.17) is 0 Å². The second-order valence-electron chi connectivity index (χ2n) is 4.07. The highest BCUT2D eigenvalue weighted by atomic mass is 16.1. The molecule has 1 radical (unpaired) electrons. The molecule has 89 valence electrons. The highest BCUT2D eigenvalue weighted by molar-refractivity contribution is 5.76. The summed E-state index contributed by atoms with van der Waals surface area (Å²) < 4.78 is 0. The quantitative estimate of drug-likeness (QED) is 0.552. The third-order valence-corrected chi connectivity index (χ3v) is 2.58. The lowest BCUT2D eigenvalue weighted by Crippen LogP contribution is -2.23. The first kappa shape index (κ1) is 14.5. The molecule has 0 saturated heterocycles. The van der Waals surface area contributed by atoms with Gasteiger partial charge in [0.25, 0.3) is 0 Å². The molecule has 0 aliphatic carbocycles. The molecule has 0 aliphatic rings. The molecule has 2 nitrogen and oxygen atoms in total. The van der Waals surface area contributed by atoms with Crippen molar-refractivity contribution in [2.24, 2.45) is 0 Å². The molecule has 0 bridgehead atoms. The standard InChI is InChI=1S/C13H26NO/c1-3-5-6-7-8-9-10-11-12-14-13(15)4-2/h2-12H2,1H3,(H,14,15). The van der Waals surface area contributed by atoms with E-state index in [1.807, 2.05) is 0 Å². The third kappa shape index (κ3) is 11.4. The van der Waals surface area contributed by atoms with E-state index in [1.165, 1.54) is 44.9 Å². The van der Waals surface area contributed by atoms with E-state index in [2.05, 4.69) is 19.2 Å². The van der Waals surface area contributed by atoms with Crippen molar-refractivity contribution in [1.82, 2.24) is 5.32 Å². The SMILES string of the molecule is [CH2]CC(=O)NCCCCCCCCCC. The summed E-state index contributed by atoms with van der Waals surface area (Å²) in [6.07, 6.45) is 10.8. The van der Waals surface area contributed by atoms with Gasteiger partial charge in [-0.2, -0.15) is 0 Å². The Kier molecular flexibility index (Phi) is 11.1. The first-order valence-electron chi connectivity index (χ1n) is 6.37. The maximum atomic E-state index is 10.8. The van der Waals surface area contributed by atoms with Crippen molar-refractivity contribution in [2.45, 2.75) is 64.7 Å². The van der Waals surface area contributed by atoms with Crippen molar-refractivity contribution in [3.8, 4) is 0 Å². The molecule has 0 unspecified atom stereocenters. The minimum absolute atomic E-state index is 0.0675. The summed E-state index contributed by atoms with van der Waals surface area (Å²) in [4.78, 5) is 10.8. The molecule has 1 amide bonds. The topological polar surface area (TPSA) is 29.1 Å². The summed E-state index contributed by atoms with van der Waals surface area (Å²) in [5.41, 5.74) is 0. The Morgan fingerprint density at radius 3 is 2.07 bits per heavy atom. The maximum Gasteiger partial charge on any atom is 0.219 e. The number of carbonyl (C=O) groups is 1. The smallest absolute Gasteiger partial charge is 0.219 e. The van der Waals surface area contributed by atoms with E-state index in [9.17, 15) is 4.79 Å². The average molecular weight is 212 g/mol. The minimum atomic E-state index is 0.0675. The van der Waals surface area contributed by atoms with Crippen molar-refractivity contribution in [3.63, 3.8) is 0 Å². The summed E-state index contributed by atoms with van der Waals surface area (Å²) in [5.74, 6) is 0.0675. The zero-order valence-electron chi connectivity index (χ0n) is 10.2. The van der Waals surface area contributed by atoms with Gasteiger partial charge in [-0.25, -0.2) is 0 Å². The van der Waals surface area contributed by atoms with Gasteiger partial charge in [0.15, 0.2) is 0 Å². The zero-order chi connectivity index (χ0) is 11.4. The second kappa shape index (κ2) is 11.5. The summed E-state index contributed by atoms with van der Waals surface area (Å²) in [6.45, 7) is 6.59. The summed E-state index contributed by atoms with van der Waals surface area (Å²) in [7, 11) is 0. The summed E-state index contributed by atoms with van der Waals surface area (Å²) >= 11 is 0. The van der Waals surface area contributed by atoms with Gasteiger partial charge in [-0.3, -0.25) is 4.79 Å². The van der Waals surface area contributed by atoms with Crippen LogP contribution in [0.1, 0.15) is 64.7 Å². The van der Waals surface area contributed by atoms with Gasteiger partial charge in [-0.15, -0.1) is 0 Å². The van der Waals surface area contributed by atoms with Crippen LogP contribution in [0.25, 0.3) is 0 Å². The van der Waals surface area contributed by atoms with Crippen molar-refractivity contribution in [2.75, 3.05) is 6.54 Å². The summed E-state index contributed by atoms with van der Waals surface area (Å²) in [5, 5.41) is 2.84. The van der Waals surface area contributed by atoms with E-state index in [1.54, 1.807) is 0 Å². The van der Waals surface area contributed by atoms with Crippen LogP contribution in [0, 0.1) is 6.92 Å². The highest BCUT2D eigenvalue weighted by Crippen LogP contribution is 2.07. The molecule has 0 saturated carbocycles. The third-order valence-electron chi connectivity index (χ3n) is 2.58. The Hall–Kier alpha value is -0.530. The Balaban J connectivity index is 2.95. The molecule has 0 spiro atoms. The van der Waals surface area contributed by atoms with Crippen molar-refractivity contribution < 1.29 is 4.79 Å². The molecule has 0 aromatic heterocycles. The number of amides is 1. The Bertz CT molecular complexity index is 145. The zero-order valence-corrected chi connectivity index (χ0v) is 10.2. The number of rotatable bonds is 10. The molecule has 0 rings (SSSR count). The van der Waals surface area contributed by atoms with Crippen molar-refractivity contribution in [1.29, 1.82) is 0 Å². The number of carbonyl (C=O) groups excluding carboxylic acids is 1. The first-order valence-corrected chi connectivity index (χ1v) is 6.37. The maximum absolute atomic E-state index is 10.8. The largest absolute Gasteiger partial charge is 0.356 e. The molecule has 2 heteroatoms. The summed E-state index contributed by atoms with van der Waals surface area (Å²) in [6, 6.07) is 0. The molecular formula is C13H26NO. The molecule has 0 atom stereocenters. The van der Waals surface area contributed by atoms with Crippen LogP contribution < -0.4 is 5.32 Å². The first-order chi connectivity index (χ1) is 7.31. The van der Waals surface area contributed by atoms with E-state index in [0.29, 0.717) is 6.42 Å². The van der Waals surface area contributed by atoms with Crippen LogP contribution in [0.3, 0.4) is 0 Å². The number of hydrogen-bond acceptors (Lipinski definition) is 1. The normalized spacial score (nSPS) is 10.3. The monoisotopic (exact) mass is 212 g/mol. The van der Waals surface area contributed by atoms with Gasteiger partial charge < -0.3 is 5.32 Å². The highest BCUT2D eigenvalue weighted by Gasteiger charge is 1.95. The Morgan fingerprint density at radius 1 is 1.00 bits per heavy atom.